The van der Waals surface area contributed by atoms with Gasteiger partial charge in [-0.05, 0) is 49.0 Å². The average molecular weight is 337 g/mol. The number of benzene rings is 1. The molecule has 0 fully saturated rings. The van der Waals surface area contributed by atoms with E-state index in [2.05, 4.69) is 85.8 Å². The standard InChI is InChI=1S/C20H36O2Si/c1-16(2)17-12-10-11-13-18(17)20(6,7)21-14-15-22-23(8,9)19(3,4)5/h10-13,16H,14-15H2,1-9H3. The Morgan fingerprint density at radius 3 is 2.04 bits per heavy atom. The third-order valence-corrected chi connectivity index (χ3v) is 9.58. The zero-order chi connectivity index (χ0) is 17.9. The predicted molar refractivity (Wildman–Crippen MR) is 103 cm³/mol. The smallest absolute Gasteiger partial charge is 0.192 e. The van der Waals surface area contributed by atoms with E-state index in [1.165, 1.54) is 11.1 Å². The number of hydrogen-bond donors (Lipinski definition) is 0. The van der Waals surface area contributed by atoms with Gasteiger partial charge in [-0.3, -0.25) is 0 Å². The van der Waals surface area contributed by atoms with Gasteiger partial charge in [0.05, 0.1) is 18.8 Å². The zero-order valence-electron chi connectivity index (χ0n) is 16.6. The van der Waals surface area contributed by atoms with Crippen molar-refractivity contribution >= 4 is 8.32 Å². The fourth-order valence-corrected chi connectivity index (χ4v) is 3.46. The molecular weight excluding hydrogens is 300 g/mol. The van der Waals surface area contributed by atoms with Gasteiger partial charge < -0.3 is 9.16 Å². The largest absolute Gasteiger partial charge is 0.414 e. The van der Waals surface area contributed by atoms with E-state index in [9.17, 15) is 0 Å². The molecule has 0 bridgehead atoms. The van der Waals surface area contributed by atoms with E-state index in [-0.39, 0.29) is 10.6 Å². The molecule has 2 nitrogen and oxygen atoms in total. The van der Waals surface area contributed by atoms with Crippen molar-refractivity contribution in [2.24, 2.45) is 0 Å². The highest BCUT2D eigenvalue weighted by Crippen LogP contribution is 2.36. The van der Waals surface area contributed by atoms with Gasteiger partial charge in [0.2, 0.25) is 0 Å². The zero-order valence-corrected chi connectivity index (χ0v) is 17.6. The van der Waals surface area contributed by atoms with E-state index in [0.29, 0.717) is 19.1 Å². The van der Waals surface area contributed by atoms with Crippen LogP contribution in [0.4, 0.5) is 0 Å². The Kier molecular flexibility index (Phi) is 6.65. The fourth-order valence-electron chi connectivity index (χ4n) is 2.44. The molecule has 0 unspecified atom stereocenters. The van der Waals surface area contributed by atoms with Crippen LogP contribution in [0.5, 0.6) is 0 Å². The molecule has 132 valence electrons. The first-order valence-electron chi connectivity index (χ1n) is 8.76. The molecule has 0 saturated heterocycles. The fraction of sp³-hybridized carbons (Fsp3) is 0.700. The van der Waals surface area contributed by atoms with Gasteiger partial charge in [-0.2, -0.15) is 0 Å². The van der Waals surface area contributed by atoms with Gasteiger partial charge in [0.1, 0.15) is 0 Å². The maximum atomic E-state index is 6.22. The van der Waals surface area contributed by atoms with Gasteiger partial charge in [-0.15, -0.1) is 0 Å². The van der Waals surface area contributed by atoms with Crippen LogP contribution in [0.2, 0.25) is 18.1 Å². The minimum Gasteiger partial charge on any atom is -0.414 e. The Hall–Kier alpha value is -0.643. The Morgan fingerprint density at radius 2 is 1.52 bits per heavy atom. The number of ether oxygens (including phenoxy) is 1. The molecule has 0 aliphatic rings. The van der Waals surface area contributed by atoms with Crippen molar-refractivity contribution in [3.63, 3.8) is 0 Å². The second-order valence-corrected chi connectivity index (χ2v) is 13.5. The summed E-state index contributed by atoms with van der Waals surface area (Å²) in [7, 11) is -1.69. The van der Waals surface area contributed by atoms with E-state index in [1.807, 2.05) is 0 Å². The average Bonchev–Trinajstić information content (AvgIpc) is 2.42. The molecule has 0 heterocycles. The summed E-state index contributed by atoms with van der Waals surface area (Å²) in [5, 5.41) is 0.243. The van der Waals surface area contributed by atoms with Crippen LogP contribution in [-0.4, -0.2) is 21.5 Å². The molecule has 0 amide bonds. The van der Waals surface area contributed by atoms with Gasteiger partial charge in [-0.25, -0.2) is 0 Å². The maximum Gasteiger partial charge on any atom is 0.192 e. The summed E-state index contributed by atoms with van der Waals surface area (Å²) in [4.78, 5) is 0. The van der Waals surface area contributed by atoms with Gasteiger partial charge in [-0.1, -0.05) is 58.9 Å². The summed E-state index contributed by atoms with van der Waals surface area (Å²) in [6.07, 6.45) is 0. The summed E-state index contributed by atoms with van der Waals surface area (Å²) in [6, 6.07) is 8.59. The van der Waals surface area contributed by atoms with Crippen molar-refractivity contribution in [1.29, 1.82) is 0 Å². The normalized spacial score (nSPS) is 13.7. The topological polar surface area (TPSA) is 18.5 Å². The summed E-state index contributed by atoms with van der Waals surface area (Å²) < 4.78 is 12.4. The highest BCUT2D eigenvalue weighted by molar-refractivity contribution is 6.74. The summed E-state index contributed by atoms with van der Waals surface area (Å²) in [5.74, 6) is 0.498. The lowest BCUT2D eigenvalue weighted by Crippen LogP contribution is -2.41. The van der Waals surface area contributed by atoms with Crippen molar-refractivity contribution in [3.05, 3.63) is 35.4 Å². The third-order valence-electron chi connectivity index (χ3n) is 5.05. The van der Waals surface area contributed by atoms with Crippen molar-refractivity contribution in [2.45, 2.75) is 78.1 Å². The molecule has 3 heteroatoms. The molecule has 0 aliphatic heterocycles. The third kappa shape index (κ3) is 5.44. The first-order chi connectivity index (χ1) is 10.4. The molecule has 0 radical (unpaired) electrons. The van der Waals surface area contributed by atoms with Gasteiger partial charge in [0.15, 0.2) is 8.32 Å². The molecule has 0 N–H and O–H groups in total. The second kappa shape index (κ2) is 7.50. The van der Waals surface area contributed by atoms with Crippen LogP contribution in [0, 0.1) is 0 Å². The summed E-state index contributed by atoms with van der Waals surface area (Å²) >= 11 is 0. The van der Waals surface area contributed by atoms with Crippen molar-refractivity contribution in [1.82, 2.24) is 0 Å². The van der Waals surface area contributed by atoms with Gasteiger partial charge in [0.25, 0.3) is 0 Å². The summed E-state index contributed by atoms with van der Waals surface area (Å²) in [5.41, 5.74) is 2.35. The highest BCUT2D eigenvalue weighted by Gasteiger charge is 2.37. The molecule has 0 aliphatic carbocycles. The predicted octanol–water partition coefficient (Wildman–Crippen LogP) is 6.08. The van der Waals surface area contributed by atoms with Crippen molar-refractivity contribution in [3.8, 4) is 0 Å². The molecule has 1 rings (SSSR count). The Bertz CT molecular complexity index is 499. The van der Waals surface area contributed by atoms with Crippen LogP contribution in [-0.2, 0) is 14.8 Å². The maximum absolute atomic E-state index is 6.22. The molecule has 0 saturated carbocycles. The first-order valence-corrected chi connectivity index (χ1v) is 11.7. The SMILES string of the molecule is CC(C)c1ccccc1C(C)(C)OCCO[Si](C)(C)C(C)(C)C. The molecule has 1 aromatic rings. The lowest BCUT2D eigenvalue weighted by atomic mass is 9.88. The second-order valence-electron chi connectivity index (χ2n) is 8.71. The van der Waals surface area contributed by atoms with Crippen LogP contribution in [0.15, 0.2) is 24.3 Å². The molecule has 0 spiro atoms. The lowest BCUT2D eigenvalue weighted by molar-refractivity contribution is -0.0358. The highest BCUT2D eigenvalue weighted by atomic mass is 28.4. The van der Waals surface area contributed by atoms with Crippen LogP contribution in [0.25, 0.3) is 0 Å². The van der Waals surface area contributed by atoms with Crippen molar-refractivity contribution in [2.75, 3.05) is 13.2 Å². The van der Waals surface area contributed by atoms with E-state index in [1.54, 1.807) is 0 Å². The van der Waals surface area contributed by atoms with Crippen LogP contribution >= 0.6 is 0 Å². The van der Waals surface area contributed by atoms with Crippen LogP contribution in [0.3, 0.4) is 0 Å². The van der Waals surface area contributed by atoms with E-state index < -0.39 is 8.32 Å². The van der Waals surface area contributed by atoms with Crippen LogP contribution in [0.1, 0.15) is 65.5 Å². The quantitative estimate of drug-likeness (QED) is 0.443. The number of rotatable bonds is 7. The Labute approximate surface area is 144 Å². The first kappa shape index (κ1) is 20.4. The molecule has 0 aromatic heterocycles. The van der Waals surface area contributed by atoms with E-state index in [4.69, 9.17) is 9.16 Å². The molecule has 1 aromatic carbocycles. The van der Waals surface area contributed by atoms with E-state index >= 15 is 0 Å². The molecule has 23 heavy (non-hydrogen) atoms. The van der Waals surface area contributed by atoms with Gasteiger partial charge >= 0.3 is 0 Å². The molecular formula is C20H36O2Si. The Morgan fingerprint density at radius 1 is 0.957 bits per heavy atom. The lowest BCUT2D eigenvalue weighted by Gasteiger charge is -2.36. The van der Waals surface area contributed by atoms with Crippen LogP contribution < -0.4 is 0 Å². The number of hydrogen-bond acceptors (Lipinski definition) is 2. The van der Waals surface area contributed by atoms with Crippen molar-refractivity contribution < 1.29 is 9.16 Å². The molecule has 0 atom stereocenters. The Balaban J connectivity index is 2.67. The van der Waals surface area contributed by atoms with Gasteiger partial charge in [0, 0.05) is 0 Å². The minimum absolute atomic E-state index is 0.243. The van der Waals surface area contributed by atoms with E-state index in [0.717, 1.165) is 0 Å². The minimum atomic E-state index is -1.69. The monoisotopic (exact) mass is 336 g/mol. The summed E-state index contributed by atoms with van der Waals surface area (Å²) in [6.45, 7) is 21.4.